The summed E-state index contributed by atoms with van der Waals surface area (Å²) in [6, 6.07) is 0.653. The molecule has 1 unspecified atom stereocenters. The largest absolute Gasteiger partial charge is 0.315 e. The summed E-state index contributed by atoms with van der Waals surface area (Å²) in [6.45, 7) is 8.80. The quantitative estimate of drug-likeness (QED) is 0.820. The Labute approximate surface area is 110 Å². The van der Waals surface area contributed by atoms with Crippen LogP contribution in [-0.4, -0.2) is 45.3 Å². The zero-order valence-electron chi connectivity index (χ0n) is 11.8. The summed E-state index contributed by atoms with van der Waals surface area (Å²) in [5.74, 6) is 1.78. The van der Waals surface area contributed by atoms with E-state index in [2.05, 4.69) is 34.1 Å². The second kappa shape index (κ2) is 6.29. The molecule has 2 rings (SSSR count). The minimum atomic E-state index is 0.653. The molecule has 1 atom stereocenters. The van der Waals surface area contributed by atoms with Gasteiger partial charge in [0.15, 0.2) is 0 Å². The molecule has 1 aliphatic heterocycles. The molecule has 0 spiro atoms. The lowest BCUT2D eigenvalue weighted by Gasteiger charge is -2.24. The molecule has 1 fully saturated rings. The van der Waals surface area contributed by atoms with Crippen LogP contribution in [0.4, 0.5) is 0 Å². The average Bonchev–Trinajstić information content (AvgIpc) is 2.90. The van der Waals surface area contributed by atoms with Crippen molar-refractivity contribution in [2.24, 2.45) is 13.0 Å². The van der Waals surface area contributed by atoms with E-state index in [0.29, 0.717) is 6.04 Å². The molecule has 1 aliphatic rings. The highest BCUT2D eigenvalue weighted by molar-refractivity contribution is 4.89. The fourth-order valence-electron chi connectivity index (χ4n) is 2.52. The van der Waals surface area contributed by atoms with Crippen LogP contribution in [0, 0.1) is 5.92 Å². The van der Waals surface area contributed by atoms with Crippen LogP contribution in [0.5, 0.6) is 0 Å². The molecule has 1 saturated heterocycles. The molecule has 0 amide bonds. The number of hydrogen-bond acceptors (Lipinski definition) is 4. The van der Waals surface area contributed by atoms with Crippen molar-refractivity contribution in [2.75, 3.05) is 19.6 Å². The third kappa shape index (κ3) is 3.53. The summed E-state index contributed by atoms with van der Waals surface area (Å²) in [5, 5.41) is 7.70. The first-order valence-corrected chi connectivity index (χ1v) is 6.94. The first kappa shape index (κ1) is 13.5. The zero-order valence-corrected chi connectivity index (χ0v) is 11.8. The van der Waals surface area contributed by atoms with Crippen molar-refractivity contribution in [3.63, 3.8) is 0 Å². The monoisotopic (exact) mass is 251 g/mol. The van der Waals surface area contributed by atoms with Crippen molar-refractivity contribution in [1.82, 2.24) is 25.0 Å². The fraction of sp³-hybridized carbons (Fsp3) is 0.846. The summed E-state index contributed by atoms with van der Waals surface area (Å²) in [6.07, 6.45) is 4.23. The number of aryl methyl sites for hydroxylation is 1. The lowest BCUT2D eigenvalue weighted by Crippen LogP contribution is -2.39. The highest BCUT2D eigenvalue weighted by atomic mass is 15.3. The number of rotatable bonds is 6. The Morgan fingerprint density at radius 3 is 3.00 bits per heavy atom. The molecule has 1 aromatic rings. The van der Waals surface area contributed by atoms with Gasteiger partial charge in [-0.2, -0.15) is 5.10 Å². The van der Waals surface area contributed by atoms with Gasteiger partial charge in [-0.1, -0.05) is 13.8 Å². The van der Waals surface area contributed by atoms with E-state index in [9.17, 15) is 0 Å². The van der Waals surface area contributed by atoms with Crippen molar-refractivity contribution in [2.45, 2.75) is 39.3 Å². The molecule has 1 aromatic heterocycles. The molecule has 0 radical (unpaired) electrons. The summed E-state index contributed by atoms with van der Waals surface area (Å²) >= 11 is 0. The Morgan fingerprint density at radius 2 is 2.33 bits per heavy atom. The normalized spacial score (nSPS) is 21.0. The Morgan fingerprint density at radius 1 is 1.50 bits per heavy atom. The van der Waals surface area contributed by atoms with E-state index in [1.54, 1.807) is 6.33 Å². The van der Waals surface area contributed by atoms with Gasteiger partial charge < -0.3 is 5.32 Å². The number of nitrogens with one attached hydrogen (secondary N) is 1. The van der Waals surface area contributed by atoms with Gasteiger partial charge in [-0.25, -0.2) is 4.98 Å². The van der Waals surface area contributed by atoms with E-state index in [1.165, 1.54) is 19.4 Å². The summed E-state index contributed by atoms with van der Waals surface area (Å²) < 4.78 is 1.87. The van der Waals surface area contributed by atoms with Crippen LogP contribution >= 0.6 is 0 Å². The fourth-order valence-corrected chi connectivity index (χ4v) is 2.52. The standard InChI is InChI=1S/C13H25N5/c1-11(2)7-14-8-12-5-4-6-18(12)9-13-15-10-16-17(13)3/h10-12,14H,4-9H2,1-3H3. The van der Waals surface area contributed by atoms with Gasteiger partial charge in [0.1, 0.15) is 12.2 Å². The van der Waals surface area contributed by atoms with E-state index in [1.807, 2.05) is 11.7 Å². The zero-order chi connectivity index (χ0) is 13.0. The van der Waals surface area contributed by atoms with Gasteiger partial charge in [-0.05, 0) is 31.8 Å². The number of likely N-dealkylation sites (tertiary alicyclic amines) is 1. The number of hydrogen-bond donors (Lipinski definition) is 1. The third-order valence-electron chi connectivity index (χ3n) is 3.58. The van der Waals surface area contributed by atoms with Crippen LogP contribution in [0.1, 0.15) is 32.5 Å². The Kier molecular flexibility index (Phi) is 4.72. The molecule has 0 saturated carbocycles. The Balaban J connectivity index is 1.82. The molecular weight excluding hydrogens is 226 g/mol. The Bertz CT molecular complexity index is 360. The maximum absolute atomic E-state index is 4.31. The summed E-state index contributed by atoms with van der Waals surface area (Å²) in [7, 11) is 1.96. The van der Waals surface area contributed by atoms with Gasteiger partial charge in [0.25, 0.3) is 0 Å². The van der Waals surface area contributed by atoms with Crippen molar-refractivity contribution in [3.05, 3.63) is 12.2 Å². The molecular formula is C13H25N5. The molecule has 0 bridgehead atoms. The summed E-state index contributed by atoms with van der Waals surface area (Å²) in [4.78, 5) is 6.84. The van der Waals surface area contributed by atoms with Gasteiger partial charge in [0.2, 0.25) is 0 Å². The van der Waals surface area contributed by atoms with Crippen LogP contribution < -0.4 is 5.32 Å². The third-order valence-corrected chi connectivity index (χ3v) is 3.58. The van der Waals surface area contributed by atoms with Crippen LogP contribution in [0.3, 0.4) is 0 Å². The SMILES string of the molecule is CC(C)CNCC1CCCN1Cc1ncnn1C. The topological polar surface area (TPSA) is 46.0 Å². The molecule has 102 valence electrons. The maximum Gasteiger partial charge on any atom is 0.140 e. The van der Waals surface area contributed by atoms with Gasteiger partial charge in [0, 0.05) is 19.6 Å². The van der Waals surface area contributed by atoms with Gasteiger partial charge in [-0.3, -0.25) is 9.58 Å². The second-order valence-electron chi connectivity index (χ2n) is 5.62. The van der Waals surface area contributed by atoms with E-state index >= 15 is 0 Å². The van der Waals surface area contributed by atoms with E-state index in [0.717, 1.165) is 31.4 Å². The lowest BCUT2D eigenvalue weighted by molar-refractivity contribution is 0.229. The van der Waals surface area contributed by atoms with E-state index in [4.69, 9.17) is 0 Å². The number of aromatic nitrogens is 3. The van der Waals surface area contributed by atoms with Crippen LogP contribution in [0.2, 0.25) is 0 Å². The predicted molar refractivity (Wildman–Crippen MR) is 72.1 cm³/mol. The van der Waals surface area contributed by atoms with Crippen molar-refractivity contribution in [1.29, 1.82) is 0 Å². The number of nitrogens with zero attached hydrogens (tertiary/aromatic N) is 4. The van der Waals surface area contributed by atoms with Crippen LogP contribution in [0.25, 0.3) is 0 Å². The smallest absolute Gasteiger partial charge is 0.140 e. The van der Waals surface area contributed by atoms with Gasteiger partial charge in [-0.15, -0.1) is 0 Å². The van der Waals surface area contributed by atoms with Crippen molar-refractivity contribution < 1.29 is 0 Å². The van der Waals surface area contributed by atoms with E-state index < -0.39 is 0 Å². The predicted octanol–water partition coefficient (Wildman–Crippen LogP) is 1.03. The Hall–Kier alpha value is -0.940. The summed E-state index contributed by atoms with van der Waals surface area (Å²) in [5.41, 5.74) is 0. The second-order valence-corrected chi connectivity index (χ2v) is 5.62. The van der Waals surface area contributed by atoms with Gasteiger partial charge >= 0.3 is 0 Å². The molecule has 0 aliphatic carbocycles. The molecule has 5 nitrogen and oxygen atoms in total. The molecule has 18 heavy (non-hydrogen) atoms. The molecule has 5 heteroatoms. The van der Waals surface area contributed by atoms with Gasteiger partial charge in [0.05, 0.1) is 6.54 Å². The molecule has 0 aromatic carbocycles. The molecule has 1 N–H and O–H groups in total. The average molecular weight is 251 g/mol. The highest BCUT2D eigenvalue weighted by Crippen LogP contribution is 2.18. The first-order valence-electron chi connectivity index (χ1n) is 6.94. The van der Waals surface area contributed by atoms with Crippen LogP contribution in [0.15, 0.2) is 6.33 Å². The lowest BCUT2D eigenvalue weighted by atomic mass is 10.2. The molecule has 2 heterocycles. The van der Waals surface area contributed by atoms with Crippen molar-refractivity contribution >= 4 is 0 Å². The van der Waals surface area contributed by atoms with E-state index in [-0.39, 0.29) is 0 Å². The maximum atomic E-state index is 4.31. The first-order chi connectivity index (χ1) is 8.66. The van der Waals surface area contributed by atoms with Crippen LogP contribution in [-0.2, 0) is 13.6 Å². The van der Waals surface area contributed by atoms with Crippen molar-refractivity contribution in [3.8, 4) is 0 Å². The minimum Gasteiger partial charge on any atom is -0.315 e. The minimum absolute atomic E-state index is 0.653. The highest BCUT2D eigenvalue weighted by Gasteiger charge is 2.25.